The maximum atomic E-state index is 12.3. The van der Waals surface area contributed by atoms with Gasteiger partial charge in [0.2, 0.25) is 0 Å². The molecule has 1 amide bonds. The van der Waals surface area contributed by atoms with Crippen molar-refractivity contribution < 1.29 is 4.79 Å². The number of nitrogens with one attached hydrogen (secondary N) is 1. The third-order valence-electron chi connectivity index (χ3n) is 4.36. The quantitative estimate of drug-likeness (QED) is 0.858. The molecule has 1 N–H and O–H groups in total. The first-order valence-corrected chi connectivity index (χ1v) is 9.04. The van der Waals surface area contributed by atoms with Crippen LogP contribution in [0.25, 0.3) is 0 Å². The van der Waals surface area contributed by atoms with Crippen molar-refractivity contribution >= 4 is 28.8 Å². The Morgan fingerprint density at radius 3 is 3.04 bits per heavy atom. The van der Waals surface area contributed by atoms with Gasteiger partial charge in [0.15, 0.2) is 0 Å². The van der Waals surface area contributed by atoms with Crippen LogP contribution in [0.4, 0.5) is 0 Å². The topological polar surface area (TPSA) is 45.2 Å². The number of halogens is 1. The Morgan fingerprint density at radius 1 is 1.48 bits per heavy atom. The number of carbonyl (C=O) groups excluding carboxylic acids is 1. The first-order chi connectivity index (χ1) is 11.1. The summed E-state index contributed by atoms with van der Waals surface area (Å²) in [5, 5.41) is 5.57. The van der Waals surface area contributed by atoms with Crippen molar-refractivity contribution in [2.45, 2.75) is 18.9 Å². The van der Waals surface area contributed by atoms with E-state index in [0.29, 0.717) is 29.2 Å². The number of likely N-dealkylation sites (tertiary alicyclic amines) is 1. The smallest absolute Gasteiger partial charge is 0.252 e. The van der Waals surface area contributed by atoms with Gasteiger partial charge in [0.25, 0.3) is 5.91 Å². The van der Waals surface area contributed by atoms with Crippen LogP contribution in [0.2, 0.25) is 5.15 Å². The minimum absolute atomic E-state index is 0.0904. The Morgan fingerprint density at radius 2 is 2.35 bits per heavy atom. The van der Waals surface area contributed by atoms with Crippen LogP contribution in [-0.2, 0) is 0 Å². The Labute approximate surface area is 145 Å². The molecule has 0 saturated carbocycles. The molecule has 1 aliphatic heterocycles. The number of piperidine rings is 1. The lowest BCUT2D eigenvalue weighted by molar-refractivity contribution is 0.0895. The summed E-state index contributed by atoms with van der Waals surface area (Å²) in [5.74, 6) is 0.337. The molecule has 0 spiro atoms. The number of rotatable bonds is 4. The van der Waals surface area contributed by atoms with Crippen LogP contribution >= 0.6 is 22.9 Å². The fraction of sp³-hybridized carbons (Fsp3) is 0.412. The molecule has 4 nitrogen and oxygen atoms in total. The predicted molar refractivity (Wildman–Crippen MR) is 94.0 cm³/mol. The number of nitrogens with zero attached hydrogens (tertiary/aromatic N) is 2. The largest absolute Gasteiger partial charge is 0.352 e. The van der Waals surface area contributed by atoms with Gasteiger partial charge in [-0.2, -0.15) is 0 Å². The molecule has 23 heavy (non-hydrogen) atoms. The third kappa shape index (κ3) is 3.91. The fourth-order valence-electron chi connectivity index (χ4n) is 3.22. The van der Waals surface area contributed by atoms with Crippen LogP contribution in [0.15, 0.2) is 35.8 Å². The van der Waals surface area contributed by atoms with E-state index in [0.717, 1.165) is 13.0 Å². The van der Waals surface area contributed by atoms with Gasteiger partial charge in [0.05, 0.1) is 5.56 Å². The van der Waals surface area contributed by atoms with E-state index in [-0.39, 0.29) is 5.91 Å². The molecule has 0 radical (unpaired) electrons. The van der Waals surface area contributed by atoms with Gasteiger partial charge in [-0.05, 0) is 55.9 Å². The van der Waals surface area contributed by atoms with E-state index < -0.39 is 0 Å². The first kappa shape index (κ1) is 16.4. The molecule has 6 heteroatoms. The van der Waals surface area contributed by atoms with Gasteiger partial charge in [-0.1, -0.05) is 17.7 Å². The van der Waals surface area contributed by atoms with Gasteiger partial charge in [-0.15, -0.1) is 11.3 Å². The minimum Gasteiger partial charge on any atom is -0.352 e. The van der Waals surface area contributed by atoms with Crippen LogP contribution in [0.1, 0.15) is 34.1 Å². The highest BCUT2D eigenvalue weighted by atomic mass is 35.5. The monoisotopic (exact) mass is 349 g/mol. The fourth-order valence-corrected chi connectivity index (χ4v) is 4.31. The molecule has 1 aliphatic rings. The molecule has 0 unspecified atom stereocenters. The number of thiophene rings is 1. The number of hydrogen-bond acceptors (Lipinski definition) is 4. The zero-order valence-corrected chi connectivity index (χ0v) is 14.6. The summed E-state index contributed by atoms with van der Waals surface area (Å²) in [5.41, 5.74) is 0.547. The summed E-state index contributed by atoms with van der Waals surface area (Å²) in [4.78, 5) is 20.0. The lowest BCUT2D eigenvalue weighted by Gasteiger charge is -2.38. The Bertz CT molecular complexity index is 644. The van der Waals surface area contributed by atoms with Crippen LogP contribution in [0, 0.1) is 5.92 Å². The van der Waals surface area contributed by atoms with Crippen LogP contribution in [-0.4, -0.2) is 35.9 Å². The number of hydrogen-bond donors (Lipinski definition) is 1. The molecular formula is C17H20ClN3OS. The Hall–Kier alpha value is -1.43. The van der Waals surface area contributed by atoms with E-state index in [1.54, 1.807) is 23.5 Å². The summed E-state index contributed by atoms with van der Waals surface area (Å²) < 4.78 is 0. The van der Waals surface area contributed by atoms with Crippen molar-refractivity contribution in [3.8, 4) is 0 Å². The van der Waals surface area contributed by atoms with Gasteiger partial charge in [0.1, 0.15) is 5.15 Å². The maximum Gasteiger partial charge on any atom is 0.252 e. The van der Waals surface area contributed by atoms with E-state index in [9.17, 15) is 4.79 Å². The van der Waals surface area contributed by atoms with Crippen molar-refractivity contribution in [1.29, 1.82) is 0 Å². The maximum absolute atomic E-state index is 12.3. The summed E-state index contributed by atoms with van der Waals surface area (Å²) >= 11 is 7.55. The summed E-state index contributed by atoms with van der Waals surface area (Å²) in [6.07, 6.45) is 3.81. The molecule has 3 heterocycles. The van der Waals surface area contributed by atoms with Crippen LogP contribution < -0.4 is 5.32 Å². The van der Waals surface area contributed by atoms with E-state index in [2.05, 4.69) is 39.8 Å². The van der Waals surface area contributed by atoms with Crippen molar-refractivity contribution in [3.63, 3.8) is 0 Å². The normalized spacial score (nSPS) is 22.0. The SMILES string of the molecule is CN1CCC[C@H](CNC(=O)c2ccc(Cl)nc2)[C@@H]1c1cccs1. The molecule has 0 bridgehead atoms. The standard InChI is InChI=1S/C17H20ClN3OS/c1-21-8-2-4-12(16(21)14-5-3-9-23-14)10-20-17(22)13-6-7-15(18)19-11-13/h3,5-7,9,11-12,16H,2,4,8,10H2,1H3,(H,20,22)/t12-,16-/m1/s1. The second kappa shape index (κ2) is 7.43. The average Bonchev–Trinajstić information content (AvgIpc) is 3.07. The third-order valence-corrected chi connectivity index (χ3v) is 5.52. The molecule has 0 aliphatic carbocycles. The molecular weight excluding hydrogens is 330 g/mol. The highest BCUT2D eigenvalue weighted by Crippen LogP contribution is 2.36. The minimum atomic E-state index is -0.0904. The van der Waals surface area contributed by atoms with Gasteiger partial charge in [-0.25, -0.2) is 4.98 Å². The molecule has 2 aromatic heterocycles. The average molecular weight is 350 g/mol. The van der Waals surface area contributed by atoms with E-state index in [1.165, 1.54) is 17.5 Å². The second-order valence-electron chi connectivity index (χ2n) is 5.92. The number of carbonyl (C=O) groups is 1. The van der Waals surface area contributed by atoms with E-state index in [1.807, 2.05) is 0 Å². The molecule has 122 valence electrons. The highest BCUT2D eigenvalue weighted by Gasteiger charge is 2.31. The number of aromatic nitrogens is 1. The lowest BCUT2D eigenvalue weighted by Crippen LogP contribution is -2.41. The molecule has 1 fully saturated rings. The zero-order valence-electron chi connectivity index (χ0n) is 13.0. The first-order valence-electron chi connectivity index (χ1n) is 7.78. The lowest BCUT2D eigenvalue weighted by atomic mass is 9.88. The van der Waals surface area contributed by atoms with E-state index >= 15 is 0 Å². The summed E-state index contributed by atoms with van der Waals surface area (Å²) in [6.45, 7) is 1.78. The van der Waals surface area contributed by atoms with Crippen molar-refractivity contribution in [2.24, 2.45) is 5.92 Å². The van der Waals surface area contributed by atoms with Gasteiger partial charge in [-0.3, -0.25) is 9.69 Å². The number of amides is 1. The Balaban J connectivity index is 1.65. The molecule has 3 rings (SSSR count). The van der Waals surface area contributed by atoms with Crippen molar-refractivity contribution in [2.75, 3.05) is 20.1 Å². The van der Waals surface area contributed by atoms with Gasteiger partial charge >= 0.3 is 0 Å². The molecule has 0 aromatic carbocycles. The Kier molecular flexibility index (Phi) is 5.30. The molecule has 1 saturated heterocycles. The van der Waals surface area contributed by atoms with Crippen molar-refractivity contribution in [1.82, 2.24) is 15.2 Å². The molecule has 2 atom stereocenters. The summed E-state index contributed by atoms with van der Waals surface area (Å²) in [7, 11) is 2.17. The van der Waals surface area contributed by atoms with Gasteiger partial charge in [0, 0.05) is 23.7 Å². The zero-order chi connectivity index (χ0) is 16.2. The molecule has 2 aromatic rings. The second-order valence-corrected chi connectivity index (χ2v) is 7.29. The summed E-state index contributed by atoms with van der Waals surface area (Å²) in [6, 6.07) is 8.01. The predicted octanol–water partition coefficient (Wildman–Crippen LogP) is 3.61. The van der Waals surface area contributed by atoms with Gasteiger partial charge < -0.3 is 5.32 Å². The van der Waals surface area contributed by atoms with Crippen molar-refractivity contribution in [3.05, 3.63) is 51.4 Å². The van der Waals surface area contributed by atoms with E-state index in [4.69, 9.17) is 11.6 Å². The highest BCUT2D eigenvalue weighted by molar-refractivity contribution is 7.10. The number of pyridine rings is 1. The van der Waals surface area contributed by atoms with Crippen LogP contribution in [0.5, 0.6) is 0 Å². The van der Waals surface area contributed by atoms with Crippen LogP contribution in [0.3, 0.4) is 0 Å².